The van der Waals surface area contributed by atoms with Crippen LogP contribution in [0.1, 0.15) is 38.6 Å². The summed E-state index contributed by atoms with van der Waals surface area (Å²) in [6.45, 7) is 9.39. The summed E-state index contributed by atoms with van der Waals surface area (Å²) in [7, 11) is 0. The molecule has 1 aromatic heterocycles. The van der Waals surface area contributed by atoms with Crippen molar-refractivity contribution in [1.29, 1.82) is 0 Å². The van der Waals surface area contributed by atoms with Crippen molar-refractivity contribution in [2.45, 2.75) is 53.1 Å². The standard InChI is InChI=1S/C14H23N3O3/c1-9(2)14(5,7-13(19)20)15-12(18)8-17-11(4)6-10(3)16-17/h6,9H,7-8H2,1-5H3,(H,15,18)(H,19,20). The number of aliphatic carboxylic acids is 1. The van der Waals surface area contributed by atoms with E-state index in [0.717, 1.165) is 11.4 Å². The molecule has 6 nitrogen and oxygen atoms in total. The summed E-state index contributed by atoms with van der Waals surface area (Å²) in [6.07, 6.45) is -0.104. The average Bonchev–Trinajstić information content (AvgIpc) is 2.55. The van der Waals surface area contributed by atoms with Crippen molar-refractivity contribution in [1.82, 2.24) is 15.1 Å². The molecule has 1 unspecified atom stereocenters. The Morgan fingerprint density at radius 3 is 2.45 bits per heavy atom. The number of nitrogens with zero attached hydrogens (tertiary/aromatic N) is 2. The zero-order chi connectivity index (χ0) is 15.5. The second-order valence-corrected chi connectivity index (χ2v) is 5.78. The van der Waals surface area contributed by atoms with E-state index in [0.29, 0.717) is 0 Å². The maximum absolute atomic E-state index is 12.1. The molecule has 1 rings (SSSR count). The van der Waals surface area contributed by atoms with Crippen LogP contribution in [0.15, 0.2) is 6.07 Å². The third-order valence-corrected chi connectivity index (χ3v) is 3.61. The van der Waals surface area contributed by atoms with Crippen molar-refractivity contribution in [3.8, 4) is 0 Å². The van der Waals surface area contributed by atoms with Gasteiger partial charge in [0, 0.05) is 5.69 Å². The fourth-order valence-corrected chi connectivity index (χ4v) is 2.04. The van der Waals surface area contributed by atoms with Gasteiger partial charge in [-0.15, -0.1) is 0 Å². The molecule has 0 radical (unpaired) electrons. The largest absolute Gasteiger partial charge is 0.481 e. The molecular formula is C14H23N3O3. The Morgan fingerprint density at radius 2 is 2.05 bits per heavy atom. The fraction of sp³-hybridized carbons (Fsp3) is 0.643. The Morgan fingerprint density at radius 1 is 1.45 bits per heavy atom. The monoisotopic (exact) mass is 281 g/mol. The number of aromatic nitrogens is 2. The molecule has 0 aliphatic heterocycles. The number of carboxylic acids is 1. The van der Waals surface area contributed by atoms with Crippen LogP contribution in [0.5, 0.6) is 0 Å². The minimum absolute atomic E-state index is 0.0167. The smallest absolute Gasteiger partial charge is 0.305 e. The first-order valence-corrected chi connectivity index (χ1v) is 6.68. The van der Waals surface area contributed by atoms with Gasteiger partial charge in [-0.3, -0.25) is 14.3 Å². The van der Waals surface area contributed by atoms with Crippen molar-refractivity contribution in [3.63, 3.8) is 0 Å². The van der Waals surface area contributed by atoms with Crippen LogP contribution in [0.3, 0.4) is 0 Å². The number of carbonyl (C=O) groups excluding carboxylic acids is 1. The summed E-state index contributed by atoms with van der Waals surface area (Å²) in [5.41, 5.74) is 0.994. The van der Waals surface area contributed by atoms with Crippen molar-refractivity contribution in [2.24, 2.45) is 5.92 Å². The summed E-state index contributed by atoms with van der Waals surface area (Å²) in [5.74, 6) is -1.13. The quantitative estimate of drug-likeness (QED) is 0.827. The lowest BCUT2D eigenvalue weighted by molar-refractivity contribution is -0.139. The van der Waals surface area contributed by atoms with E-state index < -0.39 is 11.5 Å². The lowest BCUT2D eigenvalue weighted by Crippen LogP contribution is -2.52. The van der Waals surface area contributed by atoms with Crippen molar-refractivity contribution < 1.29 is 14.7 Å². The van der Waals surface area contributed by atoms with Crippen molar-refractivity contribution >= 4 is 11.9 Å². The van der Waals surface area contributed by atoms with Gasteiger partial charge in [-0.1, -0.05) is 13.8 Å². The van der Waals surface area contributed by atoms with Gasteiger partial charge in [0.2, 0.25) is 5.91 Å². The van der Waals surface area contributed by atoms with Crippen molar-refractivity contribution in [3.05, 3.63) is 17.5 Å². The zero-order valence-corrected chi connectivity index (χ0v) is 12.7. The van der Waals surface area contributed by atoms with E-state index in [2.05, 4.69) is 10.4 Å². The SMILES string of the molecule is Cc1cc(C)n(CC(=O)NC(C)(CC(=O)O)C(C)C)n1. The Bertz CT molecular complexity index is 508. The molecule has 112 valence electrons. The number of carboxylic acid groups (broad SMARTS) is 1. The third kappa shape index (κ3) is 4.08. The predicted octanol–water partition coefficient (Wildman–Crippen LogP) is 1.51. The molecule has 20 heavy (non-hydrogen) atoms. The predicted molar refractivity (Wildman–Crippen MR) is 75.3 cm³/mol. The molecule has 6 heteroatoms. The van der Waals surface area contributed by atoms with Gasteiger partial charge in [0.15, 0.2) is 0 Å². The van der Waals surface area contributed by atoms with Gasteiger partial charge in [0.05, 0.1) is 17.7 Å². The molecule has 0 aliphatic rings. The average molecular weight is 281 g/mol. The molecule has 0 spiro atoms. The van der Waals surface area contributed by atoms with Gasteiger partial charge in [-0.2, -0.15) is 5.10 Å². The van der Waals surface area contributed by atoms with E-state index in [9.17, 15) is 9.59 Å². The first-order chi connectivity index (χ1) is 9.14. The van der Waals surface area contributed by atoms with Crippen LogP contribution in [-0.2, 0) is 16.1 Å². The summed E-state index contributed by atoms with van der Waals surface area (Å²) < 4.78 is 1.62. The number of rotatable bonds is 6. The van der Waals surface area contributed by atoms with Gasteiger partial charge in [0.1, 0.15) is 6.54 Å². The molecule has 1 heterocycles. The third-order valence-electron chi connectivity index (χ3n) is 3.61. The molecule has 0 bridgehead atoms. The lowest BCUT2D eigenvalue weighted by atomic mass is 9.85. The topological polar surface area (TPSA) is 84.2 Å². The molecule has 0 saturated heterocycles. The molecule has 0 fully saturated rings. The maximum Gasteiger partial charge on any atom is 0.305 e. The second kappa shape index (κ2) is 6.07. The summed E-state index contributed by atoms with van der Waals surface area (Å²) >= 11 is 0. The molecule has 1 atom stereocenters. The lowest BCUT2D eigenvalue weighted by Gasteiger charge is -2.33. The first-order valence-electron chi connectivity index (χ1n) is 6.68. The van der Waals surface area contributed by atoms with Gasteiger partial charge < -0.3 is 10.4 Å². The fourth-order valence-electron chi connectivity index (χ4n) is 2.04. The maximum atomic E-state index is 12.1. The van der Waals surface area contributed by atoms with Gasteiger partial charge in [-0.25, -0.2) is 0 Å². The Kier molecular flexibility index (Phi) is 4.92. The van der Waals surface area contributed by atoms with Crippen LogP contribution in [-0.4, -0.2) is 32.3 Å². The molecule has 2 N–H and O–H groups in total. The number of hydrogen-bond acceptors (Lipinski definition) is 3. The van der Waals surface area contributed by atoms with Crippen LogP contribution in [0.2, 0.25) is 0 Å². The Balaban J connectivity index is 2.77. The van der Waals surface area contributed by atoms with E-state index in [4.69, 9.17) is 5.11 Å². The van der Waals surface area contributed by atoms with Crippen LogP contribution in [0, 0.1) is 19.8 Å². The molecular weight excluding hydrogens is 258 g/mol. The molecule has 1 aromatic rings. The Labute approximate surface area is 119 Å². The molecule has 0 saturated carbocycles. The highest BCUT2D eigenvalue weighted by Crippen LogP contribution is 2.20. The highest BCUT2D eigenvalue weighted by atomic mass is 16.4. The number of amides is 1. The number of aryl methyl sites for hydroxylation is 2. The summed E-state index contributed by atoms with van der Waals surface area (Å²) in [4.78, 5) is 23.1. The second-order valence-electron chi connectivity index (χ2n) is 5.78. The van der Waals surface area contributed by atoms with Crippen LogP contribution in [0.4, 0.5) is 0 Å². The van der Waals surface area contributed by atoms with Crippen molar-refractivity contribution in [2.75, 3.05) is 0 Å². The molecule has 0 aromatic carbocycles. The minimum Gasteiger partial charge on any atom is -0.481 e. The van der Waals surface area contributed by atoms with Gasteiger partial charge in [0.25, 0.3) is 0 Å². The van der Waals surface area contributed by atoms with E-state index in [1.807, 2.05) is 33.8 Å². The van der Waals surface area contributed by atoms with Crippen LogP contribution >= 0.6 is 0 Å². The van der Waals surface area contributed by atoms with E-state index in [1.54, 1.807) is 11.6 Å². The highest BCUT2D eigenvalue weighted by Gasteiger charge is 2.32. The van der Waals surface area contributed by atoms with Gasteiger partial charge >= 0.3 is 5.97 Å². The number of hydrogen-bond donors (Lipinski definition) is 2. The first kappa shape index (κ1) is 16.2. The molecule has 1 amide bonds. The van der Waals surface area contributed by atoms with Crippen LogP contribution in [0.25, 0.3) is 0 Å². The highest BCUT2D eigenvalue weighted by molar-refractivity contribution is 5.78. The van der Waals surface area contributed by atoms with Gasteiger partial charge in [-0.05, 0) is 32.8 Å². The van der Waals surface area contributed by atoms with E-state index >= 15 is 0 Å². The number of nitrogens with one attached hydrogen (secondary N) is 1. The minimum atomic E-state index is -0.924. The summed E-state index contributed by atoms with van der Waals surface area (Å²) in [5, 5.41) is 16.0. The number of carbonyl (C=O) groups is 2. The normalized spacial score (nSPS) is 14.1. The molecule has 0 aliphatic carbocycles. The summed E-state index contributed by atoms with van der Waals surface area (Å²) in [6, 6.07) is 1.90. The Hall–Kier alpha value is -1.85. The zero-order valence-electron chi connectivity index (χ0n) is 12.7. The van der Waals surface area contributed by atoms with Crippen LogP contribution < -0.4 is 5.32 Å². The van der Waals surface area contributed by atoms with E-state index in [1.165, 1.54) is 0 Å². The van der Waals surface area contributed by atoms with E-state index in [-0.39, 0.29) is 24.8 Å².